The Morgan fingerprint density at radius 2 is 2.00 bits per heavy atom. The Hall–Kier alpha value is -3.66. The van der Waals surface area contributed by atoms with Crippen molar-refractivity contribution < 1.29 is 14.3 Å². The van der Waals surface area contributed by atoms with Crippen molar-refractivity contribution in [1.29, 1.82) is 0 Å². The summed E-state index contributed by atoms with van der Waals surface area (Å²) in [4.78, 5) is 40.1. The molecule has 3 aromatic rings. The molecule has 0 unspecified atom stereocenters. The van der Waals surface area contributed by atoms with E-state index >= 15 is 0 Å². The number of rotatable bonds is 7. The largest absolute Gasteiger partial charge is 0.457 e. The fourth-order valence-corrected chi connectivity index (χ4v) is 3.81. The monoisotopic (exact) mass is 450 g/mol. The van der Waals surface area contributed by atoms with Crippen LogP contribution in [0.4, 0.5) is 23.3 Å². The van der Waals surface area contributed by atoms with Crippen LogP contribution in [0.3, 0.4) is 0 Å². The van der Waals surface area contributed by atoms with E-state index in [2.05, 4.69) is 20.3 Å². The zero-order chi connectivity index (χ0) is 22.5. The van der Waals surface area contributed by atoms with E-state index in [1.165, 1.54) is 0 Å². The van der Waals surface area contributed by atoms with Crippen LogP contribution < -0.4 is 16.0 Å². The molecule has 0 radical (unpaired) electrons. The van der Waals surface area contributed by atoms with Crippen molar-refractivity contribution in [2.75, 3.05) is 28.8 Å². The fraction of sp³-hybridized carbons (Fsp3) is 0.227. The van der Waals surface area contributed by atoms with Crippen LogP contribution in [0, 0.1) is 5.92 Å². The number of para-hydroxylation sites is 1. The molecular weight excluding hydrogens is 428 g/mol. The molecule has 3 N–H and O–H groups in total. The van der Waals surface area contributed by atoms with Crippen molar-refractivity contribution in [1.82, 2.24) is 15.0 Å². The summed E-state index contributed by atoms with van der Waals surface area (Å²) in [6, 6.07) is 17.0. The second-order valence-electron chi connectivity index (χ2n) is 7.14. The van der Waals surface area contributed by atoms with Crippen LogP contribution in [0.5, 0.6) is 0 Å². The molecule has 2 aromatic carbocycles. The third-order valence-corrected chi connectivity index (χ3v) is 5.62. The van der Waals surface area contributed by atoms with Gasteiger partial charge < -0.3 is 20.7 Å². The normalized spacial score (nSPS) is 15.6. The van der Waals surface area contributed by atoms with Gasteiger partial charge >= 0.3 is 5.97 Å². The van der Waals surface area contributed by atoms with Gasteiger partial charge in [0.15, 0.2) is 12.4 Å². The molecule has 32 heavy (non-hydrogen) atoms. The lowest BCUT2D eigenvalue weighted by Gasteiger charge is -2.17. The van der Waals surface area contributed by atoms with Crippen LogP contribution in [0.1, 0.15) is 12.2 Å². The number of nitrogens with one attached hydrogen (secondary N) is 1. The minimum absolute atomic E-state index is 0.0142. The molecule has 10 heteroatoms. The summed E-state index contributed by atoms with van der Waals surface area (Å²) in [6.45, 7) is 0.108. The maximum Gasteiger partial charge on any atom is 0.311 e. The number of nitrogens with zero attached hydrogens (tertiary/aromatic N) is 4. The standard InChI is InChI=1S/C22H22N6O3S/c1-32-17-9-5-8-16(11-17)28-12-14(10-19(28)29)20(30)31-13-18-25-21(23)27-22(26-18)24-15-6-3-2-4-7-15/h2-9,11,14H,10,12-13H2,1H3,(H3,23,24,25,26,27)/t14-/m1/s1. The maximum absolute atomic E-state index is 12.6. The quantitative estimate of drug-likeness (QED) is 0.413. The van der Waals surface area contributed by atoms with Crippen molar-refractivity contribution in [3.8, 4) is 0 Å². The number of carbonyl (C=O) groups excluding carboxylic acids is 2. The number of hydrogen-bond donors (Lipinski definition) is 2. The predicted octanol–water partition coefficient (Wildman–Crippen LogP) is 3.02. The van der Waals surface area contributed by atoms with Gasteiger partial charge in [-0.2, -0.15) is 15.0 Å². The molecule has 0 bridgehead atoms. The Kier molecular flexibility index (Phi) is 6.50. The highest BCUT2D eigenvalue weighted by molar-refractivity contribution is 7.98. The van der Waals surface area contributed by atoms with Crippen molar-refractivity contribution in [2.45, 2.75) is 17.9 Å². The van der Waals surface area contributed by atoms with Gasteiger partial charge in [0.25, 0.3) is 0 Å². The number of hydrogen-bond acceptors (Lipinski definition) is 9. The molecule has 1 aliphatic heterocycles. The Morgan fingerprint density at radius 3 is 2.78 bits per heavy atom. The number of nitrogens with two attached hydrogens (primary N) is 1. The van der Waals surface area contributed by atoms with Crippen molar-refractivity contribution in [2.24, 2.45) is 5.92 Å². The minimum atomic E-state index is -0.554. The van der Waals surface area contributed by atoms with E-state index in [9.17, 15) is 9.59 Å². The summed E-state index contributed by atoms with van der Waals surface area (Å²) >= 11 is 1.59. The second-order valence-corrected chi connectivity index (χ2v) is 8.02. The summed E-state index contributed by atoms with van der Waals surface area (Å²) in [5, 5.41) is 3.03. The van der Waals surface area contributed by atoms with Crippen molar-refractivity contribution >= 4 is 46.9 Å². The van der Waals surface area contributed by atoms with Gasteiger partial charge in [-0.1, -0.05) is 24.3 Å². The summed E-state index contributed by atoms with van der Waals surface area (Å²) < 4.78 is 5.39. The predicted molar refractivity (Wildman–Crippen MR) is 122 cm³/mol. The molecule has 0 spiro atoms. The van der Waals surface area contributed by atoms with Gasteiger partial charge in [-0.3, -0.25) is 9.59 Å². The third kappa shape index (κ3) is 5.14. The molecule has 1 fully saturated rings. The Bertz CT molecular complexity index is 1130. The first-order valence-corrected chi connectivity index (χ1v) is 11.2. The number of benzene rings is 2. The fourth-order valence-electron chi connectivity index (χ4n) is 3.36. The zero-order valence-electron chi connectivity index (χ0n) is 17.4. The van der Waals surface area contributed by atoms with Gasteiger partial charge in [-0.25, -0.2) is 0 Å². The molecule has 1 aliphatic rings. The van der Waals surface area contributed by atoms with Crippen molar-refractivity contribution in [3.05, 3.63) is 60.4 Å². The van der Waals surface area contributed by atoms with Gasteiger partial charge in [0.05, 0.1) is 5.92 Å². The number of carbonyl (C=O) groups is 2. The first kappa shape index (κ1) is 21.6. The van der Waals surface area contributed by atoms with Crippen LogP contribution in [0.15, 0.2) is 59.5 Å². The Balaban J connectivity index is 1.38. The molecule has 1 atom stereocenters. The zero-order valence-corrected chi connectivity index (χ0v) is 18.2. The van der Waals surface area contributed by atoms with E-state index in [1.807, 2.05) is 60.9 Å². The van der Waals surface area contributed by atoms with E-state index in [0.717, 1.165) is 16.3 Å². The van der Waals surface area contributed by atoms with Gasteiger partial charge in [-0.15, -0.1) is 11.8 Å². The second kappa shape index (κ2) is 9.65. The van der Waals surface area contributed by atoms with E-state index in [0.29, 0.717) is 0 Å². The minimum Gasteiger partial charge on any atom is -0.457 e. The number of amides is 1. The first-order chi connectivity index (χ1) is 15.5. The lowest BCUT2D eigenvalue weighted by atomic mass is 10.1. The number of thioether (sulfide) groups is 1. The summed E-state index contributed by atoms with van der Waals surface area (Å²) in [5.41, 5.74) is 7.34. The van der Waals surface area contributed by atoms with E-state index < -0.39 is 11.9 Å². The molecule has 0 aliphatic carbocycles. The smallest absolute Gasteiger partial charge is 0.311 e. The number of anilines is 4. The average Bonchev–Trinajstić information content (AvgIpc) is 3.19. The highest BCUT2D eigenvalue weighted by atomic mass is 32.2. The summed E-state index contributed by atoms with van der Waals surface area (Å²) in [6.07, 6.45) is 2.07. The van der Waals surface area contributed by atoms with Crippen LogP contribution in [-0.4, -0.2) is 39.6 Å². The first-order valence-electron chi connectivity index (χ1n) is 9.95. The SMILES string of the molecule is CSc1cccc(N2C[C@H](C(=O)OCc3nc(N)nc(Nc4ccccc4)n3)CC2=O)c1. The molecule has 0 saturated carbocycles. The Morgan fingerprint density at radius 1 is 1.19 bits per heavy atom. The summed E-state index contributed by atoms with van der Waals surface area (Å²) in [5.74, 6) is -0.645. The highest BCUT2D eigenvalue weighted by Gasteiger charge is 2.36. The number of ether oxygens (including phenoxy) is 1. The lowest BCUT2D eigenvalue weighted by Crippen LogP contribution is -2.26. The molecule has 1 saturated heterocycles. The van der Waals surface area contributed by atoms with Crippen LogP contribution in [0.25, 0.3) is 0 Å². The highest BCUT2D eigenvalue weighted by Crippen LogP contribution is 2.28. The van der Waals surface area contributed by atoms with Gasteiger partial charge in [0.2, 0.25) is 17.8 Å². The molecule has 1 aromatic heterocycles. The van der Waals surface area contributed by atoms with Gasteiger partial charge in [0, 0.05) is 29.2 Å². The van der Waals surface area contributed by atoms with E-state index in [4.69, 9.17) is 10.5 Å². The van der Waals surface area contributed by atoms with Gasteiger partial charge in [-0.05, 0) is 36.6 Å². The molecular formula is C22H22N6O3S. The molecule has 164 valence electrons. The average molecular weight is 451 g/mol. The van der Waals surface area contributed by atoms with Crippen LogP contribution in [0.2, 0.25) is 0 Å². The van der Waals surface area contributed by atoms with E-state index in [1.54, 1.807) is 16.7 Å². The van der Waals surface area contributed by atoms with Crippen LogP contribution >= 0.6 is 11.8 Å². The molecule has 1 amide bonds. The topological polar surface area (TPSA) is 123 Å². The molecule has 4 rings (SSSR count). The number of nitrogen functional groups attached to an aromatic ring is 1. The molecule has 9 nitrogen and oxygen atoms in total. The lowest BCUT2D eigenvalue weighted by molar-refractivity contribution is -0.149. The van der Waals surface area contributed by atoms with Crippen LogP contribution in [-0.2, 0) is 20.9 Å². The molecule has 2 heterocycles. The third-order valence-electron chi connectivity index (χ3n) is 4.90. The number of aromatic nitrogens is 3. The Labute approximate surface area is 189 Å². The van der Waals surface area contributed by atoms with E-state index in [-0.39, 0.29) is 43.2 Å². The maximum atomic E-state index is 12.6. The van der Waals surface area contributed by atoms with Gasteiger partial charge in [0.1, 0.15) is 0 Å². The van der Waals surface area contributed by atoms with Crippen molar-refractivity contribution in [3.63, 3.8) is 0 Å². The number of esters is 1. The summed E-state index contributed by atoms with van der Waals surface area (Å²) in [7, 11) is 0.